The number of amides is 2. The van der Waals surface area contributed by atoms with Gasteiger partial charge in [0.15, 0.2) is 0 Å². The van der Waals surface area contributed by atoms with E-state index in [1.807, 2.05) is 33.8 Å². The first-order chi connectivity index (χ1) is 11.9. The van der Waals surface area contributed by atoms with E-state index in [2.05, 4.69) is 16.0 Å². The third kappa shape index (κ3) is 5.82. The lowest BCUT2D eigenvalue weighted by Crippen LogP contribution is -2.50. The molecule has 0 bridgehead atoms. The summed E-state index contributed by atoms with van der Waals surface area (Å²) >= 11 is 0. The second-order valence-corrected chi connectivity index (χ2v) is 6.76. The summed E-state index contributed by atoms with van der Waals surface area (Å²) in [5, 5.41) is 4.22. The zero-order valence-corrected chi connectivity index (χ0v) is 15.4. The molecule has 1 aromatic heterocycles. The highest BCUT2D eigenvalue weighted by Crippen LogP contribution is 2.15. The molecule has 8 heteroatoms. The summed E-state index contributed by atoms with van der Waals surface area (Å²) in [5.74, 6) is -0.731. The molecule has 1 aliphatic rings. The minimum absolute atomic E-state index is 0.0192. The molecule has 25 heavy (non-hydrogen) atoms. The van der Waals surface area contributed by atoms with Crippen LogP contribution in [0.15, 0.2) is 6.07 Å². The first-order valence-corrected chi connectivity index (χ1v) is 8.69. The maximum atomic E-state index is 12.3. The first kappa shape index (κ1) is 19.4. The van der Waals surface area contributed by atoms with Crippen LogP contribution < -0.4 is 10.9 Å². The Bertz CT molecular complexity index is 593. The SMILES string of the molecule is Cc1cc(C)n(CC(=O)NNC(=O)[C@@H](OC[C@@H]2CCCO2)C(C)C)n1. The number of aryl methyl sites for hydroxylation is 2. The Morgan fingerprint density at radius 2 is 2.16 bits per heavy atom. The number of nitrogens with one attached hydrogen (secondary N) is 2. The summed E-state index contributed by atoms with van der Waals surface area (Å²) < 4.78 is 12.8. The van der Waals surface area contributed by atoms with Crippen molar-refractivity contribution in [1.29, 1.82) is 0 Å². The van der Waals surface area contributed by atoms with Crippen molar-refractivity contribution in [1.82, 2.24) is 20.6 Å². The van der Waals surface area contributed by atoms with Crippen molar-refractivity contribution in [2.24, 2.45) is 5.92 Å². The number of aromatic nitrogens is 2. The predicted molar refractivity (Wildman–Crippen MR) is 91.5 cm³/mol. The van der Waals surface area contributed by atoms with Gasteiger partial charge in [0.25, 0.3) is 11.8 Å². The fraction of sp³-hybridized carbons (Fsp3) is 0.706. The average molecular weight is 352 g/mol. The molecule has 1 saturated heterocycles. The zero-order valence-electron chi connectivity index (χ0n) is 15.4. The lowest BCUT2D eigenvalue weighted by atomic mass is 10.1. The summed E-state index contributed by atoms with van der Waals surface area (Å²) in [6.07, 6.45) is 1.38. The monoisotopic (exact) mass is 352 g/mol. The van der Waals surface area contributed by atoms with E-state index in [9.17, 15) is 9.59 Å². The van der Waals surface area contributed by atoms with Gasteiger partial charge in [-0.25, -0.2) is 0 Å². The summed E-state index contributed by atoms with van der Waals surface area (Å²) in [5.41, 5.74) is 6.59. The van der Waals surface area contributed by atoms with Crippen molar-refractivity contribution >= 4 is 11.8 Å². The molecule has 1 aromatic rings. The van der Waals surface area contributed by atoms with Gasteiger partial charge in [-0.2, -0.15) is 5.10 Å². The largest absolute Gasteiger partial charge is 0.376 e. The molecule has 0 aromatic carbocycles. The Kier molecular flexibility index (Phi) is 6.95. The highest BCUT2D eigenvalue weighted by molar-refractivity contribution is 5.84. The molecule has 0 radical (unpaired) electrons. The van der Waals surface area contributed by atoms with Crippen molar-refractivity contribution in [3.05, 3.63) is 17.5 Å². The molecule has 0 spiro atoms. The minimum atomic E-state index is -0.641. The summed E-state index contributed by atoms with van der Waals surface area (Å²) in [4.78, 5) is 24.3. The topological polar surface area (TPSA) is 94.5 Å². The van der Waals surface area contributed by atoms with Gasteiger partial charge in [0, 0.05) is 12.3 Å². The van der Waals surface area contributed by atoms with Crippen LogP contribution in [0.4, 0.5) is 0 Å². The standard InChI is InChI=1S/C17H28N4O4/c1-11(2)16(25-10-14-6-5-7-24-14)17(23)19-18-15(22)9-21-13(4)8-12(3)20-21/h8,11,14,16H,5-7,9-10H2,1-4H3,(H,18,22)(H,19,23)/t14-,16-/m0/s1. The van der Waals surface area contributed by atoms with Gasteiger partial charge >= 0.3 is 0 Å². The van der Waals surface area contributed by atoms with Crippen molar-refractivity contribution < 1.29 is 19.1 Å². The molecular formula is C17H28N4O4. The van der Waals surface area contributed by atoms with Crippen molar-refractivity contribution in [3.63, 3.8) is 0 Å². The van der Waals surface area contributed by atoms with E-state index in [4.69, 9.17) is 9.47 Å². The molecule has 0 aliphatic carbocycles. The van der Waals surface area contributed by atoms with Crippen LogP contribution in [0.25, 0.3) is 0 Å². The second kappa shape index (κ2) is 8.96. The second-order valence-electron chi connectivity index (χ2n) is 6.76. The number of ether oxygens (including phenoxy) is 2. The van der Waals surface area contributed by atoms with Gasteiger partial charge in [-0.3, -0.25) is 25.1 Å². The highest BCUT2D eigenvalue weighted by Gasteiger charge is 2.26. The molecule has 2 amide bonds. The van der Waals surface area contributed by atoms with E-state index in [0.717, 1.165) is 30.8 Å². The van der Waals surface area contributed by atoms with Crippen molar-refractivity contribution in [2.45, 2.75) is 59.3 Å². The van der Waals surface area contributed by atoms with Gasteiger partial charge in [0.2, 0.25) is 0 Å². The molecule has 8 nitrogen and oxygen atoms in total. The maximum absolute atomic E-state index is 12.3. The normalized spacial score (nSPS) is 18.4. The Morgan fingerprint density at radius 3 is 2.72 bits per heavy atom. The molecule has 0 unspecified atom stereocenters. The van der Waals surface area contributed by atoms with Crippen LogP contribution in [0, 0.1) is 19.8 Å². The number of nitrogens with zero attached hydrogens (tertiary/aromatic N) is 2. The van der Waals surface area contributed by atoms with E-state index >= 15 is 0 Å². The molecule has 2 rings (SSSR count). The molecule has 2 N–H and O–H groups in total. The molecule has 2 heterocycles. The number of hydrogen-bond donors (Lipinski definition) is 2. The summed E-state index contributed by atoms with van der Waals surface area (Å²) in [6, 6.07) is 1.89. The Labute approximate surface area is 148 Å². The number of carbonyl (C=O) groups excluding carboxylic acids is 2. The molecular weight excluding hydrogens is 324 g/mol. The van der Waals surface area contributed by atoms with Crippen LogP contribution in [-0.2, 0) is 25.6 Å². The third-order valence-corrected chi connectivity index (χ3v) is 4.07. The lowest BCUT2D eigenvalue weighted by Gasteiger charge is -2.22. The Morgan fingerprint density at radius 1 is 1.40 bits per heavy atom. The van der Waals surface area contributed by atoms with E-state index in [1.54, 1.807) is 4.68 Å². The first-order valence-electron chi connectivity index (χ1n) is 8.69. The fourth-order valence-corrected chi connectivity index (χ4v) is 2.77. The van der Waals surface area contributed by atoms with Crippen LogP contribution >= 0.6 is 0 Å². The summed E-state index contributed by atoms with van der Waals surface area (Å²) in [6.45, 7) is 8.71. The minimum Gasteiger partial charge on any atom is -0.376 e. The van der Waals surface area contributed by atoms with Gasteiger partial charge in [-0.15, -0.1) is 0 Å². The van der Waals surface area contributed by atoms with Crippen molar-refractivity contribution in [2.75, 3.05) is 13.2 Å². The van der Waals surface area contributed by atoms with Gasteiger partial charge in [0.1, 0.15) is 12.6 Å². The summed E-state index contributed by atoms with van der Waals surface area (Å²) in [7, 11) is 0. The van der Waals surface area contributed by atoms with E-state index in [-0.39, 0.29) is 30.4 Å². The van der Waals surface area contributed by atoms with Gasteiger partial charge < -0.3 is 9.47 Å². The fourth-order valence-electron chi connectivity index (χ4n) is 2.77. The molecule has 140 valence electrons. The third-order valence-electron chi connectivity index (χ3n) is 4.07. The quantitative estimate of drug-likeness (QED) is 0.710. The van der Waals surface area contributed by atoms with E-state index in [0.29, 0.717) is 6.61 Å². The smallest absolute Gasteiger partial charge is 0.267 e. The predicted octanol–water partition coefficient (Wildman–Crippen LogP) is 0.868. The highest BCUT2D eigenvalue weighted by atomic mass is 16.5. The molecule has 1 fully saturated rings. The zero-order chi connectivity index (χ0) is 18.4. The van der Waals surface area contributed by atoms with Gasteiger partial charge in [-0.1, -0.05) is 13.8 Å². The van der Waals surface area contributed by atoms with Crippen molar-refractivity contribution in [3.8, 4) is 0 Å². The molecule has 2 atom stereocenters. The number of rotatable bonds is 7. The average Bonchev–Trinajstić information content (AvgIpc) is 3.15. The van der Waals surface area contributed by atoms with Gasteiger partial charge in [-0.05, 0) is 38.7 Å². The molecule has 1 aliphatic heterocycles. The van der Waals surface area contributed by atoms with E-state index < -0.39 is 6.10 Å². The van der Waals surface area contributed by atoms with Crippen LogP contribution in [0.3, 0.4) is 0 Å². The number of hydrogen-bond acceptors (Lipinski definition) is 5. The van der Waals surface area contributed by atoms with Crippen LogP contribution in [0.5, 0.6) is 0 Å². The maximum Gasteiger partial charge on any atom is 0.267 e. The number of carbonyl (C=O) groups is 2. The van der Waals surface area contributed by atoms with Crippen LogP contribution in [0.1, 0.15) is 38.1 Å². The lowest BCUT2D eigenvalue weighted by molar-refractivity contribution is -0.141. The van der Waals surface area contributed by atoms with E-state index in [1.165, 1.54) is 0 Å². The molecule has 0 saturated carbocycles. The Hall–Kier alpha value is -1.93. The van der Waals surface area contributed by atoms with Gasteiger partial charge in [0.05, 0.1) is 18.4 Å². The van der Waals surface area contributed by atoms with Crippen LogP contribution in [-0.4, -0.2) is 47.0 Å². The van der Waals surface area contributed by atoms with Crippen LogP contribution in [0.2, 0.25) is 0 Å². The Balaban J connectivity index is 1.79. The number of hydrazine groups is 1.